The van der Waals surface area contributed by atoms with Crippen molar-refractivity contribution in [3.8, 4) is 0 Å². The van der Waals surface area contributed by atoms with Crippen LogP contribution in [0.1, 0.15) is 78.1 Å². The summed E-state index contributed by atoms with van der Waals surface area (Å²) < 4.78 is 0. The molecule has 0 nitrogen and oxygen atoms in total. The molecule has 0 heteroatoms. The summed E-state index contributed by atoms with van der Waals surface area (Å²) >= 11 is 0. The Morgan fingerprint density at radius 3 is 2.25 bits per heavy atom. The van der Waals surface area contributed by atoms with Gasteiger partial charge in [-0.2, -0.15) is 0 Å². The zero-order valence-electron chi connectivity index (χ0n) is 13.7. The van der Waals surface area contributed by atoms with Crippen LogP contribution in [0.5, 0.6) is 0 Å². The molecule has 0 amide bonds. The second kappa shape index (κ2) is 5.33. The van der Waals surface area contributed by atoms with Crippen LogP contribution in [0.2, 0.25) is 0 Å². The van der Waals surface area contributed by atoms with Gasteiger partial charge >= 0.3 is 0 Å². The largest absolute Gasteiger partial charge is 0.0654 e. The molecule has 0 aromatic carbocycles. The van der Waals surface area contributed by atoms with E-state index >= 15 is 0 Å². The quantitative estimate of drug-likeness (QED) is 0.600. The van der Waals surface area contributed by atoms with Gasteiger partial charge in [0.1, 0.15) is 0 Å². The third-order valence-corrected chi connectivity index (χ3v) is 8.21. The molecule has 0 saturated heterocycles. The smallest absolute Gasteiger partial charge is 0.0326 e. The number of rotatable bonds is 3. The van der Waals surface area contributed by atoms with Gasteiger partial charge in [-0.25, -0.2) is 0 Å². The molecule has 0 bridgehead atoms. The summed E-state index contributed by atoms with van der Waals surface area (Å²) in [6.07, 6.45) is 15.6. The van der Waals surface area contributed by atoms with Crippen molar-refractivity contribution in [2.45, 2.75) is 78.1 Å². The van der Waals surface area contributed by atoms with Crippen LogP contribution in [0, 0.1) is 47.3 Å². The highest BCUT2D eigenvalue weighted by Gasteiger charge is 2.55. The van der Waals surface area contributed by atoms with Gasteiger partial charge in [0.05, 0.1) is 0 Å². The Labute approximate surface area is 126 Å². The maximum atomic E-state index is 2.46. The van der Waals surface area contributed by atoms with E-state index in [4.69, 9.17) is 0 Å². The number of fused-ring (bicyclic) bond motifs is 5. The van der Waals surface area contributed by atoms with Crippen LogP contribution in [0.3, 0.4) is 0 Å². The molecule has 4 aliphatic carbocycles. The SMILES string of the molecule is CCCC1CCC2C1CC[C@H]1C3C(CC)CCC3C[C@@H]21. The van der Waals surface area contributed by atoms with Gasteiger partial charge in [-0.3, -0.25) is 0 Å². The van der Waals surface area contributed by atoms with Crippen molar-refractivity contribution in [2.24, 2.45) is 47.3 Å². The molecule has 4 saturated carbocycles. The lowest BCUT2D eigenvalue weighted by atomic mass is 9.64. The lowest BCUT2D eigenvalue weighted by Crippen LogP contribution is -2.34. The number of hydrogen-bond donors (Lipinski definition) is 0. The van der Waals surface area contributed by atoms with Crippen molar-refractivity contribution in [2.75, 3.05) is 0 Å². The van der Waals surface area contributed by atoms with Crippen LogP contribution in [0.25, 0.3) is 0 Å². The van der Waals surface area contributed by atoms with Crippen molar-refractivity contribution in [3.63, 3.8) is 0 Å². The third-order valence-electron chi connectivity index (χ3n) is 8.21. The predicted octanol–water partition coefficient (Wildman–Crippen LogP) is 5.91. The molecule has 0 spiro atoms. The van der Waals surface area contributed by atoms with Crippen molar-refractivity contribution >= 4 is 0 Å². The Balaban J connectivity index is 1.51. The Hall–Kier alpha value is 0. The highest BCUT2D eigenvalue weighted by atomic mass is 14.6. The molecule has 4 fully saturated rings. The lowest BCUT2D eigenvalue weighted by Gasteiger charge is -2.41. The van der Waals surface area contributed by atoms with Crippen molar-refractivity contribution in [1.29, 1.82) is 0 Å². The predicted molar refractivity (Wildman–Crippen MR) is 85.4 cm³/mol. The maximum Gasteiger partial charge on any atom is -0.0326 e. The van der Waals surface area contributed by atoms with Crippen LogP contribution in [-0.2, 0) is 0 Å². The van der Waals surface area contributed by atoms with Crippen molar-refractivity contribution in [1.82, 2.24) is 0 Å². The second-order valence-corrected chi connectivity index (χ2v) is 8.68. The van der Waals surface area contributed by atoms with E-state index in [0.29, 0.717) is 0 Å². The summed E-state index contributed by atoms with van der Waals surface area (Å²) in [5.41, 5.74) is 0. The molecule has 4 aliphatic rings. The van der Waals surface area contributed by atoms with E-state index in [-0.39, 0.29) is 0 Å². The van der Waals surface area contributed by atoms with Gasteiger partial charge in [0.2, 0.25) is 0 Å². The molecule has 4 rings (SSSR count). The van der Waals surface area contributed by atoms with E-state index in [1.165, 1.54) is 25.2 Å². The molecule has 6 unspecified atom stereocenters. The highest BCUT2D eigenvalue weighted by Crippen LogP contribution is 2.64. The summed E-state index contributed by atoms with van der Waals surface area (Å²) in [6, 6.07) is 0. The molecule has 0 aromatic heterocycles. The zero-order chi connectivity index (χ0) is 13.7. The van der Waals surface area contributed by atoms with E-state index in [2.05, 4.69) is 13.8 Å². The van der Waals surface area contributed by atoms with Gasteiger partial charge in [-0.15, -0.1) is 0 Å². The Morgan fingerprint density at radius 1 is 0.700 bits per heavy atom. The maximum absolute atomic E-state index is 2.46. The Kier molecular flexibility index (Phi) is 3.63. The molecular weight excluding hydrogens is 240 g/mol. The van der Waals surface area contributed by atoms with E-state index in [1.54, 1.807) is 44.9 Å². The van der Waals surface area contributed by atoms with Crippen LogP contribution in [0.4, 0.5) is 0 Å². The standard InChI is InChI=1S/C20H34/c1-3-5-14-8-9-17-16(14)10-11-18-19(17)12-15-7-6-13(4-2)20(15)18/h13-20H,3-12H2,1-2H3/t13?,14?,15?,16?,17?,18-,19+,20?/m1/s1. The van der Waals surface area contributed by atoms with E-state index in [9.17, 15) is 0 Å². The van der Waals surface area contributed by atoms with Gasteiger partial charge in [-0.1, -0.05) is 33.1 Å². The van der Waals surface area contributed by atoms with E-state index in [0.717, 1.165) is 41.4 Å². The topological polar surface area (TPSA) is 0 Å². The number of hydrogen-bond acceptors (Lipinski definition) is 0. The van der Waals surface area contributed by atoms with Gasteiger partial charge in [0, 0.05) is 0 Å². The van der Waals surface area contributed by atoms with Gasteiger partial charge in [0.15, 0.2) is 0 Å². The molecule has 0 radical (unpaired) electrons. The molecule has 0 heterocycles. The molecule has 0 aromatic rings. The van der Waals surface area contributed by atoms with Crippen LogP contribution in [0.15, 0.2) is 0 Å². The fourth-order valence-corrected chi connectivity index (χ4v) is 7.64. The average molecular weight is 274 g/mol. The van der Waals surface area contributed by atoms with Crippen molar-refractivity contribution < 1.29 is 0 Å². The Bertz CT molecular complexity index is 346. The normalized spacial score (nSPS) is 53.7. The molecular formula is C20H34. The molecule has 8 atom stereocenters. The van der Waals surface area contributed by atoms with Crippen LogP contribution >= 0.6 is 0 Å². The van der Waals surface area contributed by atoms with E-state index < -0.39 is 0 Å². The van der Waals surface area contributed by atoms with E-state index in [1.807, 2.05) is 0 Å². The first kappa shape index (κ1) is 13.6. The first-order chi connectivity index (χ1) is 9.83. The minimum absolute atomic E-state index is 1.11. The average Bonchev–Trinajstić information content (AvgIpc) is 3.11. The van der Waals surface area contributed by atoms with Gasteiger partial charge in [-0.05, 0) is 92.3 Å². The van der Waals surface area contributed by atoms with Crippen LogP contribution < -0.4 is 0 Å². The monoisotopic (exact) mass is 274 g/mol. The minimum atomic E-state index is 1.11. The van der Waals surface area contributed by atoms with Crippen molar-refractivity contribution in [3.05, 3.63) is 0 Å². The fourth-order valence-electron chi connectivity index (χ4n) is 7.64. The first-order valence-electron chi connectivity index (χ1n) is 9.83. The molecule has 114 valence electrons. The third kappa shape index (κ3) is 1.92. The first-order valence-corrected chi connectivity index (χ1v) is 9.83. The summed E-state index contributed by atoms with van der Waals surface area (Å²) in [5.74, 6) is 9.18. The Morgan fingerprint density at radius 2 is 1.45 bits per heavy atom. The molecule has 0 aliphatic heterocycles. The fraction of sp³-hybridized carbons (Fsp3) is 1.00. The summed E-state index contributed by atoms with van der Waals surface area (Å²) in [4.78, 5) is 0. The highest BCUT2D eigenvalue weighted by molar-refractivity contribution is 5.05. The van der Waals surface area contributed by atoms with Gasteiger partial charge in [0.25, 0.3) is 0 Å². The zero-order valence-corrected chi connectivity index (χ0v) is 13.7. The summed E-state index contributed by atoms with van der Waals surface area (Å²) in [6.45, 7) is 4.85. The lowest BCUT2D eigenvalue weighted by molar-refractivity contribution is 0.0796. The summed E-state index contributed by atoms with van der Waals surface area (Å²) in [7, 11) is 0. The molecule has 0 N–H and O–H groups in total. The second-order valence-electron chi connectivity index (χ2n) is 8.68. The molecule has 20 heavy (non-hydrogen) atoms. The summed E-state index contributed by atoms with van der Waals surface area (Å²) in [5, 5.41) is 0. The minimum Gasteiger partial charge on any atom is -0.0654 e. The van der Waals surface area contributed by atoms with Crippen LogP contribution in [-0.4, -0.2) is 0 Å². The van der Waals surface area contributed by atoms with Gasteiger partial charge < -0.3 is 0 Å².